The lowest BCUT2D eigenvalue weighted by Gasteiger charge is -2.22. The summed E-state index contributed by atoms with van der Waals surface area (Å²) in [7, 11) is -3.37. The van der Waals surface area contributed by atoms with Gasteiger partial charge in [0.25, 0.3) is 0 Å². The number of hydrogen-bond donors (Lipinski definition) is 2. The third-order valence-electron chi connectivity index (χ3n) is 4.36. The molecule has 1 rings (SSSR count). The number of carbonyl (C=O) groups excluding carboxylic acids is 2. The molecule has 3 unspecified atom stereocenters. The van der Waals surface area contributed by atoms with Gasteiger partial charge in [-0.15, -0.1) is 0 Å². The lowest BCUT2D eigenvalue weighted by atomic mass is 9.89. The van der Waals surface area contributed by atoms with Crippen molar-refractivity contribution in [1.82, 2.24) is 5.32 Å². The van der Waals surface area contributed by atoms with E-state index in [9.17, 15) is 23.4 Å². The monoisotopic (exact) mass is 395 g/mol. The number of carbonyl (C=O) groups is 2. The van der Waals surface area contributed by atoms with Crippen LogP contribution in [-0.4, -0.2) is 41.9 Å². The number of nitrogens with one attached hydrogen (secondary N) is 1. The summed E-state index contributed by atoms with van der Waals surface area (Å²) in [6, 6.07) is 0. The summed E-state index contributed by atoms with van der Waals surface area (Å²) < 4.78 is 35.4. The average Bonchev–Trinajstić information content (AvgIpc) is 2.59. The van der Waals surface area contributed by atoms with Crippen molar-refractivity contribution < 1.29 is 32.9 Å². The van der Waals surface area contributed by atoms with Crippen molar-refractivity contribution in [2.24, 2.45) is 5.92 Å². The minimum absolute atomic E-state index is 0.148. The van der Waals surface area contributed by atoms with Gasteiger partial charge in [0.05, 0.1) is 5.92 Å². The smallest absolute Gasteiger partial charge is 0.412 e. The van der Waals surface area contributed by atoms with Gasteiger partial charge in [0.15, 0.2) is 6.30 Å². The van der Waals surface area contributed by atoms with E-state index in [-0.39, 0.29) is 24.7 Å². The first kappa shape index (κ1) is 22.9. The predicted octanol–water partition coefficient (Wildman–Crippen LogP) is 3.94. The average molecular weight is 395 g/mol. The first-order valence-corrected chi connectivity index (χ1v) is 11.4. The third kappa shape index (κ3) is 9.53. The van der Waals surface area contributed by atoms with Crippen molar-refractivity contribution in [3.05, 3.63) is 0 Å². The summed E-state index contributed by atoms with van der Waals surface area (Å²) in [6.07, 6.45) is 1.66. The Balaban J connectivity index is 2.26. The molecule has 0 heterocycles. The molecule has 0 bridgehead atoms. The highest BCUT2D eigenvalue weighted by atomic mass is 31.2. The molecule has 152 valence electrons. The molecule has 1 amide bonds. The lowest BCUT2D eigenvalue weighted by Crippen LogP contribution is -2.36. The number of halogens is 1. The van der Waals surface area contributed by atoms with Crippen LogP contribution in [-0.2, 0) is 18.8 Å². The second-order valence-corrected chi connectivity index (χ2v) is 9.38. The molecular weight excluding hydrogens is 364 g/mol. The zero-order valence-corrected chi connectivity index (χ0v) is 16.5. The lowest BCUT2D eigenvalue weighted by molar-refractivity contribution is -0.171. The molecule has 26 heavy (non-hydrogen) atoms. The Kier molecular flexibility index (Phi) is 10.2. The highest BCUT2D eigenvalue weighted by Gasteiger charge is 2.26. The van der Waals surface area contributed by atoms with Crippen LogP contribution < -0.4 is 5.32 Å². The van der Waals surface area contributed by atoms with Crippen LogP contribution in [0.15, 0.2) is 0 Å². The van der Waals surface area contributed by atoms with Gasteiger partial charge in [0, 0.05) is 25.7 Å². The van der Waals surface area contributed by atoms with E-state index in [4.69, 9.17) is 9.47 Å². The first-order valence-electron chi connectivity index (χ1n) is 9.36. The van der Waals surface area contributed by atoms with Crippen LogP contribution in [0.1, 0.15) is 65.2 Å². The molecule has 1 saturated carbocycles. The number of hydrogen-bond acceptors (Lipinski definition) is 5. The maximum Gasteiger partial charge on any atom is 0.412 e. The van der Waals surface area contributed by atoms with E-state index in [0.717, 1.165) is 38.5 Å². The van der Waals surface area contributed by atoms with Gasteiger partial charge in [-0.25, -0.2) is 9.18 Å². The first-order chi connectivity index (χ1) is 12.2. The SMILES string of the molecule is CCCCP(=O)(O)CCC(F)NC(=O)OC(C)OC(=O)C1CCCCC1. The summed E-state index contributed by atoms with van der Waals surface area (Å²) in [5.74, 6) is -0.576. The Hall–Kier alpha value is -1.14. The summed E-state index contributed by atoms with van der Waals surface area (Å²) in [4.78, 5) is 33.3. The molecule has 1 aliphatic rings. The Morgan fingerprint density at radius 1 is 1.23 bits per heavy atom. The topological polar surface area (TPSA) is 102 Å². The second kappa shape index (κ2) is 11.5. The minimum Gasteiger partial charge on any atom is -0.425 e. The number of rotatable bonds is 10. The summed E-state index contributed by atoms with van der Waals surface area (Å²) in [5.41, 5.74) is 0. The molecule has 1 fully saturated rings. The minimum atomic E-state index is -3.37. The molecule has 0 spiro atoms. The number of amides is 1. The van der Waals surface area contributed by atoms with Crippen molar-refractivity contribution >= 4 is 19.4 Å². The molecule has 0 aromatic heterocycles. The molecule has 7 nitrogen and oxygen atoms in total. The van der Waals surface area contributed by atoms with E-state index >= 15 is 0 Å². The fraction of sp³-hybridized carbons (Fsp3) is 0.882. The van der Waals surface area contributed by atoms with Crippen LogP contribution in [0.4, 0.5) is 9.18 Å². The van der Waals surface area contributed by atoms with E-state index in [1.807, 2.05) is 12.2 Å². The van der Waals surface area contributed by atoms with Crippen molar-refractivity contribution in [2.45, 2.75) is 77.8 Å². The normalized spacial score (nSPS) is 19.8. The van der Waals surface area contributed by atoms with Crippen LogP contribution in [0.25, 0.3) is 0 Å². The fourth-order valence-corrected chi connectivity index (χ4v) is 4.50. The fourth-order valence-electron chi connectivity index (χ4n) is 2.84. The Morgan fingerprint density at radius 3 is 2.50 bits per heavy atom. The molecule has 9 heteroatoms. The number of esters is 1. The molecule has 2 N–H and O–H groups in total. The van der Waals surface area contributed by atoms with E-state index in [1.54, 1.807) is 0 Å². The van der Waals surface area contributed by atoms with Crippen molar-refractivity contribution in [3.8, 4) is 0 Å². The zero-order chi connectivity index (χ0) is 19.6. The van der Waals surface area contributed by atoms with Gasteiger partial charge < -0.3 is 14.4 Å². The molecule has 1 aliphatic carbocycles. The van der Waals surface area contributed by atoms with Gasteiger partial charge in [-0.2, -0.15) is 0 Å². The quantitative estimate of drug-likeness (QED) is 0.251. The number of alkyl halides is 1. The highest BCUT2D eigenvalue weighted by molar-refractivity contribution is 7.57. The number of alkyl carbamates (subject to hydrolysis) is 1. The van der Waals surface area contributed by atoms with Crippen LogP contribution in [0.5, 0.6) is 0 Å². The van der Waals surface area contributed by atoms with E-state index in [2.05, 4.69) is 0 Å². The van der Waals surface area contributed by atoms with Gasteiger partial charge in [-0.1, -0.05) is 32.6 Å². The predicted molar refractivity (Wildman–Crippen MR) is 95.7 cm³/mol. The summed E-state index contributed by atoms with van der Waals surface area (Å²) in [6.45, 7) is 3.29. The van der Waals surface area contributed by atoms with Crippen molar-refractivity contribution in [3.63, 3.8) is 0 Å². The van der Waals surface area contributed by atoms with E-state index < -0.39 is 32.0 Å². The van der Waals surface area contributed by atoms with Gasteiger partial charge >= 0.3 is 12.1 Å². The van der Waals surface area contributed by atoms with Gasteiger partial charge in [-0.05, 0) is 19.3 Å². The van der Waals surface area contributed by atoms with Crippen LogP contribution in [0, 0.1) is 5.92 Å². The van der Waals surface area contributed by atoms with Crippen LogP contribution in [0.2, 0.25) is 0 Å². The standard InChI is InChI=1S/C17H31FNO6P/c1-3-4-11-26(22,23)12-10-15(18)19-17(21)25-13(2)24-16(20)14-8-6-5-7-9-14/h13-15H,3-12H2,1-2H3,(H,19,21)(H,22,23). The molecular formula is C17H31FNO6P. The van der Waals surface area contributed by atoms with Crippen LogP contribution in [0.3, 0.4) is 0 Å². The van der Waals surface area contributed by atoms with Crippen molar-refractivity contribution in [2.75, 3.05) is 12.3 Å². The van der Waals surface area contributed by atoms with Gasteiger partial charge in [0.1, 0.15) is 0 Å². The molecule has 0 aliphatic heterocycles. The maximum absolute atomic E-state index is 13.8. The molecule has 0 saturated heterocycles. The summed E-state index contributed by atoms with van der Waals surface area (Å²) >= 11 is 0. The van der Waals surface area contributed by atoms with E-state index in [0.29, 0.717) is 6.42 Å². The highest BCUT2D eigenvalue weighted by Crippen LogP contribution is 2.42. The largest absolute Gasteiger partial charge is 0.425 e. The Bertz CT molecular complexity index is 498. The summed E-state index contributed by atoms with van der Waals surface area (Å²) in [5, 5.41) is 1.94. The molecule has 3 atom stereocenters. The third-order valence-corrected chi connectivity index (χ3v) is 6.33. The number of ether oxygens (including phenoxy) is 2. The maximum atomic E-state index is 13.8. The number of unbranched alkanes of at least 4 members (excludes halogenated alkanes) is 1. The Labute approximate surface area is 154 Å². The molecule has 0 aromatic rings. The van der Waals surface area contributed by atoms with Crippen molar-refractivity contribution in [1.29, 1.82) is 0 Å². The molecule has 0 aromatic carbocycles. The van der Waals surface area contributed by atoms with Crippen LogP contribution >= 0.6 is 7.37 Å². The zero-order valence-electron chi connectivity index (χ0n) is 15.6. The Morgan fingerprint density at radius 2 is 1.88 bits per heavy atom. The van der Waals surface area contributed by atoms with Gasteiger partial charge in [0.2, 0.25) is 13.7 Å². The van der Waals surface area contributed by atoms with Gasteiger partial charge in [-0.3, -0.25) is 14.7 Å². The van der Waals surface area contributed by atoms with E-state index in [1.165, 1.54) is 6.92 Å². The second-order valence-electron chi connectivity index (χ2n) is 6.79. The molecule has 0 radical (unpaired) electrons.